The van der Waals surface area contributed by atoms with Crippen LogP contribution in [0.2, 0.25) is 0 Å². The van der Waals surface area contributed by atoms with E-state index < -0.39 is 6.10 Å². The van der Waals surface area contributed by atoms with Crippen molar-refractivity contribution in [3.8, 4) is 0 Å². The van der Waals surface area contributed by atoms with Gasteiger partial charge in [-0.1, -0.05) is 214 Å². The highest BCUT2D eigenvalue weighted by molar-refractivity contribution is 5.71. The summed E-state index contributed by atoms with van der Waals surface area (Å²) in [6.45, 7) is 6.29. The summed E-state index contributed by atoms with van der Waals surface area (Å²) in [5.74, 6) is -0.999. The highest BCUT2D eigenvalue weighted by Gasteiger charge is 2.19. The van der Waals surface area contributed by atoms with Crippen molar-refractivity contribution < 1.29 is 28.6 Å². The zero-order chi connectivity index (χ0) is 44.4. The molecule has 344 valence electrons. The molecule has 1 atom stereocenters. The van der Waals surface area contributed by atoms with E-state index in [0.29, 0.717) is 12.8 Å². The maximum Gasteiger partial charge on any atom is 0.306 e. The zero-order valence-electron chi connectivity index (χ0n) is 39.1. The largest absolute Gasteiger partial charge is 0.462 e. The van der Waals surface area contributed by atoms with Gasteiger partial charge >= 0.3 is 17.9 Å². The predicted molar refractivity (Wildman–Crippen MR) is 260 cm³/mol. The molecule has 0 aliphatic rings. The minimum Gasteiger partial charge on any atom is -0.462 e. The lowest BCUT2D eigenvalue weighted by molar-refractivity contribution is -0.167. The van der Waals surface area contributed by atoms with Crippen LogP contribution in [-0.4, -0.2) is 37.2 Å². The number of hydrogen-bond acceptors (Lipinski definition) is 6. The van der Waals surface area contributed by atoms with Gasteiger partial charge in [0.05, 0.1) is 0 Å². The van der Waals surface area contributed by atoms with Gasteiger partial charge in [0.2, 0.25) is 0 Å². The second-order valence-corrected chi connectivity index (χ2v) is 15.7. The molecule has 0 saturated carbocycles. The number of carbonyl (C=O) groups is 3. The molecule has 0 aromatic heterocycles. The molecule has 0 heterocycles. The van der Waals surface area contributed by atoms with Crippen molar-refractivity contribution in [3.05, 3.63) is 109 Å². The zero-order valence-corrected chi connectivity index (χ0v) is 39.1. The molecule has 0 aromatic rings. The van der Waals surface area contributed by atoms with Crippen molar-refractivity contribution >= 4 is 17.9 Å². The minimum absolute atomic E-state index is 0.106. The van der Waals surface area contributed by atoms with E-state index >= 15 is 0 Å². The Bertz CT molecular complexity index is 1290. The molecule has 0 aromatic carbocycles. The quantitative estimate of drug-likeness (QED) is 0.0200. The predicted octanol–water partition coefficient (Wildman–Crippen LogP) is 16.0. The molecule has 0 aliphatic carbocycles. The topological polar surface area (TPSA) is 78.9 Å². The minimum atomic E-state index is -0.812. The summed E-state index contributed by atoms with van der Waals surface area (Å²) < 4.78 is 16.7. The first-order chi connectivity index (χ1) is 30.0. The van der Waals surface area contributed by atoms with E-state index in [9.17, 15) is 14.4 Å². The summed E-state index contributed by atoms with van der Waals surface area (Å²) in [6, 6.07) is 0. The average molecular weight is 845 g/mol. The van der Waals surface area contributed by atoms with Crippen molar-refractivity contribution in [1.82, 2.24) is 0 Å². The van der Waals surface area contributed by atoms with Gasteiger partial charge in [0.15, 0.2) is 6.10 Å². The van der Waals surface area contributed by atoms with Gasteiger partial charge in [-0.25, -0.2) is 0 Å². The van der Waals surface area contributed by atoms with Gasteiger partial charge in [0, 0.05) is 19.3 Å². The number of ether oxygens (including phenoxy) is 3. The molecule has 0 amide bonds. The molecule has 0 aliphatic heterocycles. The van der Waals surface area contributed by atoms with E-state index in [0.717, 1.165) is 103 Å². The summed E-state index contributed by atoms with van der Waals surface area (Å²) >= 11 is 0. The standard InChI is InChI=1S/C55H88O6/c1-4-7-10-13-16-19-22-24-26-27-29-30-33-36-39-42-45-48-54(57)60-51-52(50-59-53(56)47-44-41-38-35-32-21-18-15-12-9-6-3)61-55(58)49-46-43-40-37-34-31-28-25-23-20-17-14-11-8-5-2/h7-8,10-11,14,16-17,19-20,23-26,28-30,36,39,52H,4-6,9,12-13,15,18,21-22,27,31-35,37-38,40-51H2,1-3H3/b10-7-,11-8-,17-14-,19-16-,23-20-,26-24-,28-25-,30-29-,39-36-. The third kappa shape index (κ3) is 47.0. The van der Waals surface area contributed by atoms with Crippen molar-refractivity contribution in [2.45, 2.75) is 207 Å². The fourth-order valence-electron chi connectivity index (χ4n) is 6.25. The Morgan fingerprint density at radius 1 is 0.361 bits per heavy atom. The van der Waals surface area contributed by atoms with Gasteiger partial charge in [0.25, 0.3) is 0 Å². The third-order valence-corrected chi connectivity index (χ3v) is 9.87. The summed E-state index contributed by atoms with van der Waals surface area (Å²) in [4.78, 5) is 37.9. The SMILES string of the molecule is CC\C=C/C=C\C=C/C=C\CCCCCCCC(=O)OC(COC(=O)CCC/C=C\C/C=C\C/C=C\C/C=C\C/C=C\CC)COC(=O)CCCCCCCCCCCCC. The average Bonchev–Trinajstić information content (AvgIpc) is 3.26. The van der Waals surface area contributed by atoms with E-state index in [-0.39, 0.29) is 44.0 Å². The highest BCUT2D eigenvalue weighted by atomic mass is 16.6. The Kier molecular flexibility index (Phi) is 45.6. The van der Waals surface area contributed by atoms with Crippen molar-refractivity contribution in [2.24, 2.45) is 0 Å². The van der Waals surface area contributed by atoms with E-state index in [1.165, 1.54) is 51.4 Å². The second kappa shape index (κ2) is 48.7. The van der Waals surface area contributed by atoms with E-state index in [1.807, 2.05) is 24.3 Å². The summed E-state index contributed by atoms with van der Waals surface area (Å²) in [5.41, 5.74) is 0. The van der Waals surface area contributed by atoms with Gasteiger partial charge in [-0.05, 0) is 77.0 Å². The van der Waals surface area contributed by atoms with Crippen LogP contribution in [0.25, 0.3) is 0 Å². The Balaban J connectivity index is 4.53. The smallest absolute Gasteiger partial charge is 0.306 e. The lowest BCUT2D eigenvalue weighted by atomic mass is 10.1. The maximum absolute atomic E-state index is 12.8. The van der Waals surface area contributed by atoms with Crippen LogP contribution in [0.3, 0.4) is 0 Å². The normalized spacial score (nSPS) is 13.0. The summed E-state index contributed by atoms with van der Waals surface area (Å²) in [7, 11) is 0. The Labute approximate surface area is 374 Å². The number of hydrogen-bond donors (Lipinski definition) is 0. The number of carbonyl (C=O) groups excluding carboxylic acids is 3. The first-order valence-electron chi connectivity index (χ1n) is 24.4. The molecule has 0 saturated heterocycles. The molecule has 0 radical (unpaired) electrons. The van der Waals surface area contributed by atoms with Crippen LogP contribution in [0.4, 0.5) is 0 Å². The number of unbranched alkanes of at least 4 members (excludes halogenated alkanes) is 16. The van der Waals surface area contributed by atoms with Crippen molar-refractivity contribution in [1.29, 1.82) is 0 Å². The Hall–Kier alpha value is -3.93. The summed E-state index contributed by atoms with van der Waals surface area (Å²) in [6.07, 6.45) is 65.0. The first-order valence-corrected chi connectivity index (χ1v) is 24.4. The molecule has 1 unspecified atom stereocenters. The Morgan fingerprint density at radius 2 is 0.738 bits per heavy atom. The molecular weight excluding hydrogens is 757 g/mol. The number of esters is 3. The van der Waals surface area contributed by atoms with Gasteiger partial charge in [-0.2, -0.15) is 0 Å². The summed E-state index contributed by atoms with van der Waals surface area (Å²) in [5, 5.41) is 0. The van der Waals surface area contributed by atoms with Crippen LogP contribution in [0, 0.1) is 0 Å². The second-order valence-electron chi connectivity index (χ2n) is 15.7. The van der Waals surface area contributed by atoms with Crippen LogP contribution >= 0.6 is 0 Å². The van der Waals surface area contributed by atoms with Gasteiger partial charge in [-0.3, -0.25) is 14.4 Å². The molecule has 0 rings (SSSR count). The van der Waals surface area contributed by atoms with E-state index in [1.54, 1.807) is 0 Å². The van der Waals surface area contributed by atoms with Crippen LogP contribution in [0.15, 0.2) is 109 Å². The molecule has 0 fully saturated rings. The first kappa shape index (κ1) is 57.1. The van der Waals surface area contributed by atoms with Crippen LogP contribution < -0.4 is 0 Å². The van der Waals surface area contributed by atoms with Gasteiger partial charge in [-0.15, -0.1) is 0 Å². The lowest BCUT2D eigenvalue weighted by Gasteiger charge is -2.18. The number of rotatable bonds is 42. The highest BCUT2D eigenvalue weighted by Crippen LogP contribution is 2.13. The maximum atomic E-state index is 12.8. The molecular formula is C55H88O6. The van der Waals surface area contributed by atoms with Crippen molar-refractivity contribution in [2.75, 3.05) is 13.2 Å². The molecule has 0 spiro atoms. The fourth-order valence-corrected chi connectivity index (χ4v) is 6.25. The third-order valence-electron chi connectivity index (χ3n) is 9.87. The molecule has 6 heteroatoms. The molecule has 0 bridgehead atoms. The monoisotopic (exact) mass is 845 g/mol. The van der Waals surface area contributed by atoms with Gasteiger partial charge < -0.3 is 14.2 Å². The van der Waals surface area contributed by atoms with E-state index in [4.69, 9.17) is 14.2 Å². The van der Waals surface area contributed by atoms with Crippen LogP contribution in [-0.2, 0) is 28.6 Å². The molecule has 0 N–H and O–H groups in total. The van der Waals surface area contributed by atoms with E-state index in [2.05, 4.69) is 106 Å². The number of allylic oxidation sites excluding steroid dienone is 18. The fraction of sp³-hybridized carbons (Fsp3) is 0.618. The Morgan fingerprint density at radius 3 is 1.25 bits per heavy atom. The lowest BCUT2D eigenvalue weighted by Crippen LogP contribution is -2.30. The van der Waals surface area contributed by atoms with Crippen LogP contribution in [0.5, 0.6) is 0 Å². The molecule has 6 nitrogen and oxygen atoms in total. The van der Waals surface area contributed by atoms with Crippen molar-refractivity contribution in [3.63, 3.8) is 0 Å². The van der Waals surface area contributed by atoms with Crippen LogP contribution in [0.1, 0.15) is 201 Å². The van der Waals surface area contributed by atoms with Gasteiger partial charge in [0.1, 0.15) is 13.2 Å². The molecule has 61 heavy (non-hydrogen) atoms.